The third-order valence-corrected chi connectivity index (χ3v) is 10.7. The fraction of sp³-hybridized carbons (Fsp3) is 0.615. The highest BCUT2D eigenvalue weighted by Gasteiger charge is 2.41. The van der Waals surface area contributed by atoms with Crippen LogP contribution >= 0.6 is 12.6 Å². The Morgan fingerprint density at radius 3 is 1.73 bits per heavy atom. The molecule has 10 atom stereocenters. The molecule has 0 radical (unpaired) electrons. The van der Waals surface area contributed by atoms with Gasteiger partial charge in [-0.3, -0.25) is 57.5 Å². The number of aromatic amines is 1. The number of carboxylic acids is 3. The van der Waals surface area contributed by atoms with Gasteiger partial charge >= 0.3 is 17.9 Å². The number of nitrogens with two attached hydrogens (primary N) is 1. The van der Waals surface area contributed by atoms with E-state index in [4.69, 9.17) is 10.8 Å². The third kappa shape index (κ3) is 18.5. The second-order valence-electron chi connectivity index (χ2n) is 16.2. The van der Waals surface area contributed by atoms with E-state index in [1.165, 1.54) is 12.5 Å². The Bertz CT molecular complexity index is 2060. The first-order valence-corrected chi connectivity index (χ1v) is 22.1. The lowest BCUT2D eigenvalue weighted by molar-refractivity contribution is -0.145. The Kier molecular flexibility index (Phi) is 24.1. The van der Waals surface area contributed by atoms with Crippen molar-refractivity contribution in [3.63, 3.8) is 0 Å². The smallest absolute Gasteiger partial charge is 0.322 e. The van der Waals surface area contributed by atoms with Gasteiger partial charge in [0.1, 0.15) is 54.9 Å². The summed E-state index contributed by atoms with van der Waals surface area (Å²) in [5.74, 6) is -15.8. The van der Waals surface area contributed by atoms with Crippen LogP contribution in [0, 0.1) is 5.92 Å². The van der Waals surface area contributed by atoms with E-state index in [1.54, 1.807) is 13.8 Å². The van der Waals surface area contributed by atoms with Gasteiger partial charge in [0.05, 0.1) is 44.5 Å². The highest BCUT2D eigenvalue weighted by molar-refractivity contribution is 7.80. The number of thiol groups is 1. The Balaban J connectivity index is 2.19. The molecule has 1 aliphatic heterocycles. The molecule has 0 aromatic carbocycles. The highest BCUT2D eigenvalue weighted by atomic mass is 32.1. The molecule has 1 aromatic heterocycles. The van der Waals surface area contributed by atoms with Gasteiger partial charge in [0.15, 0.2) is 0 Å². The Morgan fingerprint density at radius 1 is 0.700 bits per heavy atom. The summed E-state index contributed by atoms with van der Waals surface area (Å²) in [5.41, 5.74) is 6.50. The normalized spacial score (nSPS) is 17.1. The van der Waals surface area contributed by atoms with Gasteiger partial charge in [-0.1, -0.05) is 13.8 Å². The number of nitrogens with zero attached hydrogens (tertiary/aromatic N) is 2. The average molecular weight is 1020 g/mol. The highest BCUT2D eigenvalue weighted by Crippen LogP contribution is 2.19. The van der Waals surface area contributed by atoms with Crippen LogP contribution in [0.15, 0.2) is 12.5 Å². The molecule has 31 heteroatoms. The summed E-state index contributed by atoms with van der Waals surface area (Å²) in [4.78, 5) is 161. The Hall–Kier alpha value is -6.96. The van der Waals surface area contributed by atoms with E-state index in [2.05, 4.69) is 59.8 Å². The maximum Gasteiger partial charge on any atom is 0.322 e. The van der Waals surface area contributed by atoms with Crippen LogP contribution in [0.3, 0.4) is 0 Å². The van der Waals surface area contributed by atoms with Crippen molar-refractivity contribution in [1.29, 1.82) is 0 Å². The third-order valence-electron chi connectivity index (χ3n) is 10.3. The van der Waals surface area contributed by atoms with E-state index >= 15 is 0 Å². The second-order valence-corrected chi connectivity index (χ2v) is 16.6. The number of imidazole rings is 1. The Labute approximate surface area is 403 Å². The lowest BCUT2D eigenvalue weighted by atomic mass is 10.0. The van der Waals surface area contributed by atoms with Crippen molar-refractivity contribution >= 4 is 83.7 Å². The zero-order valence-corrected chi connectivity index (χ0v) is 39.0. The summed E-state index contributed by atoms with van der Waals surface area (Å²) >= 11 is 3.97. The number of aliphatic hydroxyl groups is 3. The number of rotatable bonds is 29. The van der Waals surface area contributed by atoms with Gasteiger partial charge in [-0.25, -0.2) is 4.98 Å². The zero-order chi connectivity index (χ0) is 53.0. The lowest BCUT2D eigenvalue weighted by Crippen LogP contribution is -2.62. The summed E-state index contributed by atoms with van der Waals surface area (Å²) in [6.45, 7) is 0.966. The largest absolute Gasteiger partial charge is 0.481 e. The van der Waals surface area contributed by atoms with Crippen molar-refractivity contribution in [1.82, 2.24) is 57.4 Å². The van der Waals surface area contributed by atoms with Crippen LogP contribution in [-0.4, -0.2) is 209 Å². The number of aromatic nitrogens is 2. The van der Waals surface area contributed by atoms with Crippen molar-refractivity contribution in [3.8, 4) is 0 Å². The fourth-order valence-corrected chi connectivity index (χ4v) is 6.90. The molecule has 17 N–H and O–H groups in total. The van der Waals surface area contributed by atoms with Gasteiger partial charge < -0.3 is 88.8 Å². The summed E-state index contributed by atoms with van der Waals surface area (Å²) < 4.78 is 0. The van der Waals surface area contributed by atoms with E-state index in [9.17, 15) is 83.1 Å². The molecule has 2 rings (SSSR count). The predicted octanol–water partition coefficient (Wildman–Crippen LogP) is -8.23. The second kappa shape index (κ2) is 28.5. The molecular weight excluding hydrogens is 957 g/mol. The number of carbonyl (C=O) groups is 12. The monoisotopic (exact) mass is 1020 g/mol. The molecule has 0 unspecified atom stereocenters. The summed E-state index contributed by atoms with van der Waals surface area (Å²) in [6, 6.07) is -14.9. The lowest BCUT2D eigenvalue weighted by Gasteiger charge is -2.31. The average Bonchev–Trinajstić information content (AvgIpc) is 4.00. The van der Waals surface area contributed by atoms with Crippen LogP contribution in [-0.2, 0) is 64.0 Å². The van der Waals surface area contributed by atoms with Crippen molar-refractivity contribution in [2.75, 3.05) is 32.1 Å². The molecule has 1 aliphatic rings. The fourth-order valence-electron chi connectivity index (χ4n) is 6.65. The minimum atomic E-state index is -1.97. The molecule has 0 bridgehead atoms. The number of likely N-dealkylation sites (tertiary alicyclic amines) is 1. The summed E-state index contributed by atoms with van der Waals surface area (Å²) in [6.07, 6.45) is -1.01. The molecule has 1 saturated heterocycles. The van der Waals surface area contributed by atoms with E-state index in [0.29, 0.717) is 5.69 Å². The minimum Gasteiger partial charge on any atom is -0.481 e. The van der Waals surface area contributed by atoms with E-state index in [0.717, 1.165) is 11.8 Å². The van der Waals surface area contributed by atoms with E-state index in [1.807, 2.05) is 5.32 Å². The standard InChI is InChI=1S/C39H60N12O18S/c1-16(2)29(49-31(61)19(40)7-18-10-41-15-43-18)37(67)45-21(9-27(57)58)34(64)50-30(17(3)54)38(68)47-23(13-53)39(69)51-6-4-5-25(51)36(66)44-20(8-26(55)56)33(63)48-24(14-70)35(65)46-22(12-52)32(62)42-11-28(59)60/h10,15-17,19-25,29-30,52-54,70H,4-9,11-14,40H2,1-3H3,(H,41,43)(H,42,62)(H,44,66)(H,45,67)(H,46,65)(H,47,68)(H,48,63)(H,49,61)(H,50,64)(H,55,56)(H,57,58)(H,59,60)/t17-,19+,20+,21+,22+,23+,24+,25+,29+,30+/m1/s1. The number of hydrogen-bond donors (Lipinski definition) is 17. The molecule has 0 spiro atoms. The predicted molar refractivity (Wildman–Crippen MR) is 238 cm³/mol. The van der Waals surface area contributed by atoms with Gasteiger partial charge in [-0.05, 0) is 25.7 Å². The molecular formula is C39H60N12O18S. The first-order chi connectivity index (χ1) is 32.8. The molecule has 390 valence electrons. The van der Waals surface area contributed by atoms with Crippen LogP contribution in [0.5, 0.6) is 0 Å². The SMILES string of the molecule is CC(C)[C@H](NC(=O)[C@@H](N)Cc1cnc[nH]1)C(=O)N[C@@H](CC(=O)O)C(=O)N[C@H](C(=O)N[C@@H](CO)C(=O)N1CCC[C@H]1C(=O)N[C@@H](CC(=O)O)C(=O)N[C@@H](CS)C(=O)N[C@@H](CO)C(=O)NCC(=O)O)[C@@H](C)O. The van der Waals surface area contributed by atoms with Crippen LogP contribution in [0.1, 0.15) is 52.1 Å². The van der Waals surface area contributed by atoms with Crippen LogP contribution in [0.25, 0.3) is 0 Å². The van der Waals surface area contributed by atoms with Gasteiger partial charge in [0.25, 0.3) is 0 Å². The quantitative estimate of drug-likeness (QED) is 0.0331. The Morgan fingerprint density at radius 2 is 1.21 bits per heavy atom. The molecule has 1 fully saturated rings. The minimum absolute atomic E-state index is 0.0147. The number of nitrogens with one attached hydrogen (secondary N) is 9. The maximum absolute atomic E-state index is 13.8. The molecule has 0 saturated carbocycles. The molecule has 1 aromatic rings. The van der Waals surface area contributed by atoms with Crippen LogP contribution < -0.4 is 48.3 Å². The number of carbonyl (C=O) groups excluding carboxylic acids is 9. The van der Waals surface area contributed by atoms with E-state index < -0.39 is 176 Å². The van der Waals surface area contributed by atoms with E-state index in [-0.39, 0.29) is 25.8 Å². The maximum atomic E-state index is 13.8. The van der Waals surface area contributed by atoms with Crippen molar-refractivity contribution in [3.05, 3.63) is 18.2 Å². The number of aliphatic carboxylic acids is 3. The van der Waals surface area contributed by atoms with Gasteiger partial charge in [-0.15, -0.1) is 0 Å². The topological polar surface area (TPSA) is 480 Å². The first-order valence-electron chi connectivity index (χ1n) is 21.4. The molecule has 9 amide bonds. The van der Waals surface area contributed by atoms with Gasteiger partial charge in [0, 0.05) is 30.6 Å². The van der Waals surface area contributed by atoms with Crippen LogP contribution in [0.4, 0.5) is 0 Å². The molecule has 2 heterocycles. The first kappa shape index (κ1) is 59.2. The summed E-state index contributed by atoms with van der Waals surface area (Å²) in [7, 11) is 0. The summed E-state index contributed by atoms with van der Waals surface area (Å²) in [5, 5.41) is 75.4. The van der Waals surface area contributed by atoms with Crippen molar-refractivity contribution in [2.45, 2.75) is 113 Å². The van der Waals surface area contributed by atoms with Gasteiger partial charge in [0.2, 0.25) is 53.2 Å². The number of amides is 9. The molecule has 0 aliphatic carbocycles. The number of H-pyrrole nitrogens is 1. The van der Waals surface area contributed by atoms with Crippen LogP contribution in [0.2, 0.25) is 0 Å². The molecule has 70 heavy (non-hydrogen) atoms. The number of aliphatic hydroxyl groups excluding tert-OH is 3. The van der Waals surface area contributed by atoms with Crippen molar-refractivity contribution < 1.29 is 88.2 Å². The zero-order valence-electron chi connectivity index (χ0n) is 38.1. The van der Waals surface area contributed by atoms with Gasteiger partial charge in [-0.2, -0.15) is 12.6 Å². The van der Waals surface area contributed by atoms with Crippen molar-refractivity contribution in [2.24, 2.45) is 11.7 Å². The number of hydrogen-bond acceptors (Lipinski definition) is 18. The number of carboxylic acid groups (broad SMARTS) is 3. The molecule has 30 nitrogen and oxygen atoms in total.